The first-order valence-corrected chi connectivity index (χ1v) is 11.4. The number of aliphatic imine (C=N–C) groups is 1. The van der Waals surface area contributed by atoms with E-state index in [0.29, 0.717) is 45.1 Å². The normalized spacial score (nSPS) is 11.5. The maximum absolute atomic E-state index is 10.5. The number of aromatic nitrogens is 1. The fourth-order valence-corrected chi connectivity index (χ4v) is 3.94. The fraction of sp³-hybridized carbons (Fsp3) is 0.0909. The highest BCUT2D eigenvalue weighted by Gasteiger charge is 2.15. The second kappa shape index (κ2) is 8.91. The minimum absolute atomic E-state index is 0.0238. The van der Waals surface area contributed by atoms with Crippen LogP contribution in [0.2, 0.25) is 0 Å². The van der Waals surface area contributed by atoms with Gasteiger partial charge in [0.25, 0.3) is 0 Å². The third-order valence-electron chi connectivity index (χ3n) is 4.30. The number of oxazole rings is 1. The number of phenolic OH excluding ortho intramolecular Hbond substituents is 1. The van der Waals surface area contributed by atoms with Gasteiger partial charge in [-0.1, -0.05) is 15.9 Å². The lowest BCUT2D eigenvalue weighted by atomic mass is 10.2. The summed E-state index contributed by atoms with van der Waals surface area (Å²) >= 11 is 10.4. The molecule has 1 aromatic heterocycles. The monoisotopic (exact) mass is 592 g/mol. The van der Waals surface area contributed by atoms with Gasteiger partial charge in [0.15, 0.2) is 17.1 Å². The summed E-state index contributed by atoms with van der Waals surface area (Å²) in [7, 11) is 0. The number of halogens is 3. The summed E-state index contributed by atoms with van der Waals surface area (Å²) in [6, 6.07) is 15.0. The van der Waals surface area contributed by atoms with Gasteiger partial charge >= 0.3 is 0 Å². The number of nitrogens with zero attached hydrogens (tertiary/aromatic N) is 2. The molecule has 0 bridgehead atoms. The molecule has 0 saturated heterocycles. The first-order chi connectivity index (χ1) is 14.5. The molecule has 3 aromatic carbocycles. The highest BCUT2D eigenvalue weighted by molar-refractivity contribution is 9.13. The van der Waals surface area contributed by atoms with Gasteiger partial charge in [0, 0.05) is 25.2 Å². The molecule has 0 atom stereocenters. The second-order valence-corrected chi connectivity index (χ2v) is 8.86. The minimum Gasteiger partial charge on any atom is -0.504 e. The molecule has 4 rings (SSSR count). The van der Waals surface area contributed by atoms with Crippen LogP contribution in [0.3, 0.4) is 0 Å². The summed E-state index contributed by atoms with van der Waals surface area (Å²) in [5, 5.41) is 10.5. The Morgan fingerprint density at radius 2 is 1.87 bits per heavy atom. The number of aromatic hydroxyl groups is 1. The van der Waals surface area contributed by atoms with Crippen LogP contribution in [0, 0.1) is 0 Å². The maximum Gasteiger partial charge on any atom is 0.227 e. The second-order valence-electron chi connectivity index (χ2n) is 6.30. The fourth-order valence-electron chi connectivity index (χ4n) is 2.85. The van der Waals surface area contributed by atoms with E-state index in [2.05, 4.69) is 57.8 Å². The van der Waals surface area contributed by atoms with Crippen LogP contribution in [0.4, 0.5) is 5.69 Å². The average molecular weight is 595 g/mol. The van der Waals surface area contributed by atoms with Crippen LogP contribution in [-0.2, 0) is 0 Å². The van der Waals surface area contributed by atoms with Gasteiger partial charge in [-0.2, -0.15) is 0 Å². The zero-order valence-corrected chi connectivity index (χ0v) is 20.5. The molecule has 1 N–H and O–H groups in total. The van der Waals surface area contributed by atoms with Gasteiger partial charge in [-0.15, -0.1) is 0 Å². The molecule has 1 heterocycles. The summed E-state index contributed by atoms with van der Waals surface area (Å²) in [6.07, 6.45) is 1.59. The van der Waals surface area contributed by atoms with Crippen molar-refractivity contribution in [1.82, 2.24) is 4.98 Å². The van der Waals surface area contributed by atoms with Crippen molar-refractivity contribution >= 4 is 70.8 Å². The van der Waals surface area contributed by atoms with Crippen molar-refractivity contribution < 1.29 is 14.3 Å². The first-order valence-electron chi connectivity index (χ1n) is 9.00. The van der Waals surface area contributed by atoms with Gasteiger partial charge in [-0.3, -0.25) is 4.99 Å². The molecule has 0 saturated carbocycles. The summed E-state index contributed by atoms with van der Waals surface area (Å²) in [5.41, 5.74) is 3.48. The molecule has 0 spiro atoms. The number of phenols is 1. The standard InChI is InChI=1S/C22H15Br3N2O3/c1-2-29-19-10-16(24)20(25)15(21(19)28)11-26-14-7-8-18-17(9-14)27-22(30-18)12-3-5-13(23)6-4-12/h3-11,28H,2H2,1H3. The number of fused-ring (bicyclic) bond motifs is 1. The number of rotatable bonds is 5. The molecule has 0 aliphatic rings. The van der Waals surface area contributed by atoms with Crippen molar-refractivity contribution in [2.24, 2.45) is 4.99 Å². The molecule has 0 radical (unpaired) electrons. The number of ether oxygens (including phenoxy) is 1. The van der Waals surface area contributed by atoms with Crippen molar-refractivity contribution in [3.8, 4) is 23.0 Å². The van der Waals surface area contributed by atoms with Crippen LogP contribution in [0.25, 0.3) is 22.6 Å². The van der Waals surface area contributed by atoms with Gasteiger partial charge in [0.2, 0.25) is 5.89 Å². The lowest BCUT2D eigenvalue weighted by Crippen LogP contribution is -1.95. The molecular formula is C22H15Br3N2O3. The van der Waals surface area contributed by atoms with Crippen molar-refractivity contribution in [2.45, 2.75) is 6.92 Å². The quantitative estimate of drug-likeness (QED) is 0.241. The van der Waals surface area contributed by atoms with Crippen LogP contribution >= 0.6 is 47.8 Å². The predicted octanol–water partition coefficient (Wildman–Crippen LogP) is 7.64. The Morgan fingerprint density at radius 1 is 1.10 bits per heavy atom. The molecule has 152 valence electrons. The Hall–Kier alpha value is -2.16. The average Bonchev–Trinajstić information content (AvgIpc) is 3.16. The van der Waals surface area contributed by atoms with Gasteiger partial charge in [0.05, 0.1) is 17.9 Å². The van der Waals surface area contributed by atoms with E-state index in [1.165, 1.54) is 0 Å². The molecule has 0 fully saturated rings. The molecule has 0 aliphatic carbocycles. The molecule has 5 nitrogen and oxygen atoms in total. The van der Waals surface area contributed by atoms with E-state index in [1.54, 1.807) is 12.3 Å². The zero-order valence-electron chi connectivity index (χ0n) is 15.7. The van der Waals surface area contributed by atoms with Gasteiger partial charge in [-0.25, -0.2) is 4.98 Å². The molecule has 8 heteroatoms. The SMILES string of the molecule is CCOc1cc(Br)c(Br)c(C=Nc2ccc3oc(-c4ccc(Br)cc4)nc3c2)c1O. The Bertz CT molecular complexity index is 1250. The maximum atomic E-state index is 10.5. The summed E-state index contributed by atoms with van der Waals surface area (Å²) in [6.45, 7) is 2.31. The van der Waals surface area contributed by atoms with Crippen LogP contribution in [0.1, 0.15) is 12.5 Å². The highest BCUT2D eigenvalue weighted by Crippen LogP contribution is 2.40. The number of hydrogen-bond acceptors (Lipinski definition) is 5. The van der Waals surface area contributed by atoms with Crippen molar-refractivity contribution in [1.29, 1.82) is 0 Å². The zero-order chi connectivity index (χ0) is 21.3. The summed E-state index contributed by atoms with van der Waals surface area (Å²) < 4.78 is 13.8. The van der Waals surface area contributed by atoms with Crippen LogP contribution in [0.5, 0.6) is 11.5 Å². The first kappa shape index (κ1) is 21.1. The lowest BCUT2D eigenvalue weighted by Gasteiger charge is -2.11. The van der Waals surface area contributed by atoms with Crippen molar-refractivity contribution in [2.75, 3.05) is 6.61 Å². The summed E-state index contributed by atoms with van der Waals surface area (Å²) in [5.74, 6) is 0.961. The molecule has 0 aliphatic heterocycles. The highest BCUT2D eigenvalue weighted by atomic mass is 79.9. The molecule has 0 amide bonds. The Labute approximate surface area is 198 Å². The van der Waals surface area contributed by atoms with Crippen LogP contribution in [0.15, 0.2) is 71.4 Å². The van der Waals surface area contributed by atoms with Crippen molar-refractivity contribution in [3.05, 3.63) is 67.5 Å². The molecule has 30 heavy (non-hydrogen) atoms. The van der Waals surface area contributed by atoms with E-state index in [4.69, 9.17) is 9.15 Å². The smallest absolute Gasteiger partial charge is 0.227 e. The van der Waals surface area contributed by atoms with E-state index in [-0.39, 0.29) is 5.75 Å². The van der Waals surface area contributed by atoms with E-state index in [0.717, 1.165) is 14.5 Å². The van der Waals surface area contributed by atoms with Gasteiger partial charge in [-0.05, 0) is 87.3 Å². The Kier molecular flexibility index (Phi) is 6.26. The van der Waals surface area contributed by atoms with Gasteiger partial charge < -0.3 is 14.3 Å². The predicted molar refractivity (Wildman–Crippen MR) is 129 cm³/mol. The third-order valence-corrected chi connectivity index (χ3v) is 6.84. The molecule has 0 unspecified atom stereocenters. The topological polar surface area (TPSA) is 67.9 Å². The van der Waals surface area contributed by atoms with E-state index < -0.39 is 0 Å². The van der Waals surface area contributed by atoms with E-state index in [1.807, 2.05) is 49.4 Å². The minimum atomic E-state index is 0.0238. The summed E-state index contributed by atoms with van der Waals surface area (Å²) in [4.78, 5) is 9.08. The van der Waals surface area contributed by atoms with E-state index in [9.17, 15) is 5.11 Å². The Balaban J connectivity index is 1.68. The number of hydrogen-bond donors (Lipinski definition) is 1. The van der Waals surface area contributed by atoms with E-state index >= 15 is 0 Å². The third kappa shape index (κ3) is 4.31. The molecule has 4 aromatic rings. The van der Waals surface area contributed by atoms with Gasteiger partial charge in [0.1, 0.15) is 5.52 Å². The molecular weight excluding hydrogens is 580 g/mol. The van der Waals surface area contributed by atoms with Crippen LogP contribution in [-0.4, -0.2) is 22.9 Å². The largest absolute Gasteiger partial charge is 0.504 e. The van der Waals surface area contributed by atoms with Crippen LogP contribution < -0.4 is 4.74 Å². The Morgan fingerprint density at radius 3 is 2.60 bits per heavy atom. The van der Waals surface area contributed by atoms with Crippen molar-refractivity contribution in [3.63, 3.8) is 0 Å². The lowest BCUT2D eigenvalue weighted by molar-refractivity contribution is 0.317. The number of benzene rings is 3.